The molecule has 24 heavy (non-hydrogen) atoms. The standard InChI is InChI=1S/C20H24N2O2/c1-14(2)13-17(23)22-19(20(21)24)18(15-9-5-3-6-10-15)16-11-7-4-8-12-16/h3-12,14,18-19H,13H2,1-2H3,(H2,21,24)(H,22,23)/t19-/m0/s1. The normalized spacial score (nSPS) is 12.2. The van der Waals surface area contributed by atoms with Gasteiger partial charge in [-0.2, -0.15) is 0 Å². The molecule has 2 amide bonds. The first kappa shape index (κ1) is 17.7. The van der Waals surface area contributed by atoms with Crippen molar-refractivity contribution in [3.05, 3.63) is 71.8 Å². The molecule has 0 unspecified atom stereocenters. The van der Waals surface area contributed by atoms with E-state index in [1.165, 1.54) is 0 Å². The summed E-state index contributed by atoms with van der Waals surface area (Å²) in [5.41, 5.74) is 7.52. The van der Waals surface area contributed by atoms with Gasteiger partial charge in [0.25, 0.3) is 0 Å². The van der Waals surface area contributed by atoms with Crippen molar-refractivity contribution in [2.75, 3.05) is 0 Å². The number of amides is 2. The molecule has 0 aliphatic rings. The highest BCUT2D eigenvalue weighted by molar-refractivity contribution is 5.88. The van der Waals surface area contributed by atoms with Gasteiger partial charge in [-0.1, -0.05) is 74.5 Å². The second kappa shape index (κ2) is 8.29. The lowest BCUT2D eigenvalue weighted by molar-refractivity contribution is -0.128. The van der Waals surface area contributed by atoms with E-state index >= 15 is 0 Å². The maximum Gasteiger partial charge on any atom is 0.240 e. The van der Waals surface area contributed by atoms with E-state index < -0.39 is 11.9 Å². The quantitative estimate of drug-likeness (QED) is 0.822. The Kier molecular flexibility index (Phi) is 6.13. The van der Waals surface area contributed by atoms with Crippen LogP contribution in [0.3, 0.4) is 0 Å². The highest BCUT2D eigenvalue weighted by Gasteiger charge is 2.30. The zero-order valence-electron chi connectivity index (χ0n) is 14.1. The summed E-state index contributed by atoms with van der Waals surface area (Å²) in [6.07, 6.45) is 0.361. The predicted molar refractivity (Wildman–Crippen MR) is 95.3 cm³/mol. The van der Waals surface area contributed by atoms with Crippen molar-refractivity contribution in [1.29, 1.82) is 0 Å². The van der Waals surface area contributed by atoms with Crippen molar-refractivity contribution in [1.82, 2.24) is 5.32 Å². The van der Waals surface area contributed by atoms with Gasteiger partial charge < -0.3 is 11.1 Å². The molecule has 0 saturated heterocycles. The van der Waals surface area contributed by atoms with E-state index in [1.807, 2.05) is 74.5 Å². The molecule has 0 fully saturated rings. The molecule has 0 aliphatic heterocycles. The number of carbonyl (C=O) groups excluding carboxylic acids is 2. The van der Waals surface area contributed by atoms with Crippen LogP contribution in [0.4, 0.5) is 0 Å². The van der Waals surface area contributed by atoms with E-state index in [2.05, 4.69) is 5.32 Å². The Bertz CT molecular complexity index is 629. The van der Waals surface area contributed by atoms with Crippen molar-refractivity contribution in [2.45, 2.75) is 32.2 Å². The van der Waals surface area contributed by atoms with Crippen LogP contribution in [0.5, 0.6) is 0 Å². The molecule has 0 saturated carbocycles. The fourth-order valence-electron chi connectivity index (χ4n) is 2.82. The number of rotatable bonds is 7. The van der Waals surface area contributed by atoms with Crippen LogP contribution in [-0.4, -0.2) is 17.9 Å². The zero-order valence-corrected chi connectivity index (χ0v) is 14.1. The summed E-state index contributed by atoms with van der Waals surface area (Å²) < 4.78 is 0. The molecule has 0 spiro atoms. The number of nitrogens with two attached hydrogens (primary N) is 1. The average molecular weight is 324 g/mol. The smallest absolute Gasteiger partial charge is 0.240 e. The Morgan fingerprint density at radius 1 is 0.917 bits per heavy atom. The Morgan fingerprint density at radius 2 is 1.38 bits per heavy atom. The van der Waals surface area contributed by atoms with E-state index in [1.54, 1.807) is 0 Å². The maximum atomic E-state index is 12.2. The highest BCUT2D eigenvalue weighted by atomic mass is 16.2. The third kappa shape index (κ3) is 4.69. The second-order valence-electron chi connectivity index (χ2n) is 6.34. The van der Waals surface area contributed by atoms with E-state index in [0.29, 0.717) is 6.42 Å². The molecule has 2 rings (SSSR count). The molecule has 2 aromatic carbocycles. The molecule has 1 atom stereocenters. The van der Waals surface area contributed by atoms with Gasteiger partial charge in [0, 0.05) is 12.3 Å². The molecular weight excluding hydrogens is 300 g/mol. The number of carbonyl (C=O) groups is 2. The third-order valence-corrected chi connectivity index (χ3v) is 3.87. The summed E-state index contributed by atoms with van der Waals surface area (Å²) in [5.74, 6) is -0.804. The van der Waals surface area contributed by atoms with Gasteiger partial charge in [0.05, 0.1) is 0 Å². The molecule has 0 aliphatic carbocycles. The fraction of sp³-hybridized carbons (Fsp3) is 0.300. The van der Waals surface area contributed by atoms with E-state index in [9.17, 15) is 9.59 Å². The van der Waals surface area contributed by atoms with E-state index in [4.69, 9.17) is 5.73 Å². The molecule has 0 radical (unpaired) electrons. The van der Waals surface area contributed by atoms with Crippen molar-refractivity contribution in [3.8, 4) is 0 Å². The van der Waals surface area contributed by atoms with Gasteiger partial charge in [-0.3, -0.25) is 9.59 Å². The lowest BCUT2D eigenvalue weighted by Gasteiger charge is -2.27. The molecular formula is C20H24N2O2. The summed E-state index contributed by atoms with van der Waals surface area (Å²) in [7, 11) is 0. The van der Waals surface area contributed by atoms with Crippen LogP contribution in [0.25, 0.3) is 0 Å². The molecule has 4 nitrogen and oxygen atoms in total. The Balaban J connectivity index is 2.39. The minimum atomic E-state index is -0.791. The second-order valence-corrected chi connectivity index (χ2v) is 6.34. The minimum absolute atomic E-state index is 0.161. The van der Waals surface area contributed by atoms with Gasteiger partial charge in [0.2, 0.25) is 11.8 Å². The number of hydrogen-bond acceptors (Lipinski definition) is 2. The average Bonchev–Trinajstić information content (AvgIpc) is 2.55. The van der Waals surface area contributed by atoms with Crippen LogP contribution in [0, 0.1) is 5.92 Å². The van der Waals surface area contributed by atoms with Gasteiger partial charge in [0.1, 0.15) is 6.04 Å². The van der Waals surface area contributed by atoms with Crippen LogP contribution in [0.2, 0.25) is 0 Å². The SMILES string of the molecule is CC(C)CC(=O)N[C@H](C(N)=O)C(c1ccccc1)c1ccccc1. The number of benzene rings is 2. The minimum Gasteiger partial charge on any atom is -0.368 e. The van der Waals surface area contributed by atoms with E-state index in [-0.39, 0.29) is 17.7 Å². The topological polar surface area (TPSA) is 72.2 Å². The summed E-state index contributed by atoms with van der Waals surface area (Å²) in [6.45, 7) is 3.93. The Morgan fingerprint density at radius 3 is 1.75 bits per heavy atom. The van der Waals surface area contributed by atoms with Crippen LogP contribution in [0.1, 0.15) is 37.3 Å². The lowest BCUT2D eigenvalue weighted by Crippen LogP contribution is -2.48. The monoisotopic (exact) mass is 324 g/mol. The van der Waals surface area contributed by atoms with Crippen molar-refractivity contribution in [2.24, 2.45) is 11.7 Å². The van der Waals surface area contributed by atoms with Crippen molar-refractivity contribution >= 4 is 11.8 Å². The third-order valence-electron chi connectivity index (χ3n) is 3.87. The van der Waals surface area contributed by atoms with Gasteiger partial charge in [-0.05, 0) is 17.0 Å². The molecule has 3 N–H and O–H groups in total. The summed E-state index contributed by atoms with van der Waals surface area (Å²) in [5, 5.41) is 2.83. The van der Waals surface area contributed by atoms with Gasteiger partial charge in [-0.15, -0.1) is 0 Å². The largest absolute Gasteiger partial charge is 0.368 e. The summed E-state index contributed by atoms with van der Waals surface area (Å²) in [4.78, 5) is 24.3. The number of nitrogens with one attached hydrogen (secondary N) is 1. The fourth-order valence-corrected chi connectivity index (χ4v) is 2.82. The highest BCUT2D eigenvalue weighted by Crippen LogP contribution is 2.28. The first-order chi connectivity index (χ1) is 11.5. The number of primary amides is 1. The van der Waals surface area contributed by atoms with Crippen LogP contribution in [0.15, 0.2) is 60.7 Å². The van der Waals surface area contributed by atoms with Gasteiger partial charge >= 0.3 is 0 Å². The molecule has 0 bridgehead atoms. The first-order valence-electron chi connectivity index (χ1n) is 8.17. The molecule has 2 aromatic rings. The van der Waals surface area contributed by atoms with Gasteiger partial charge in [0.15, 0.2) is 0 Å². The Hall–Kier alpha value is -2.62. The van der Waals surface area contributed by atoms with Crippen LogP contribution >= 0.6 is 0 Å². The predicted octanol–water partition coefficient (Wildman–Crippen LogP) is 2.83. The molecule has 126 valence electrons. The molecule has 0 heterocycles. The first-order valence-corrected chi connectivity index (χ1v) is 8.17. The zero-order chi connectivity index (χ0) is 17.5. The van der Waals surface area contributed by atoms with Crippen LogP contribution < -0.4 is 11.1 Å². The number of hydrogen-bond donors (Lipinski definition) is 2. The molecule has 0 aromatic heterocycles. The van der Waals surface area contributed by atoms with E-state index in [0.717, 1.165) is 11.1 Å². The molecule has 4 heteroatoms. The summed E-state index contributed by atoms with van der Waals surface area (Å²) in [6, 6.07) is 18.5. The van der Waals surface area contributed by atoms with Crippen molar-refractivity contribution < 1.29 is 9.59 Å². The summed E-state index contributed by atoms with van der Waals surface area (Å²) >= 11 is 0. The lowest BCUT2D eigenvalue weighted by atomic mass is 9.84. The Labute approximate surface area is 143 Å². The van der Waals surface area contributed by atoms with Crippen molar-refractivity contribution in [3.63, 3.8) is 0 Å². The maximum absolute atomic E-state index is 12.2. The van der Waals surface area contributed by atoms with Crippen LogP contribution in [-0.2, 0) is 9.59 Å². The van der Waals surface area contributed by atoms with Gasteiger partial charge in [-0.25, -0.2) is 0 Å².